The van der Waals surface area contributed by atoms with E-state index in [9.17, 15) is 5.11 Å². The number of hydrogen-bond acceptors (Lipinski definition) is 8. The highest BCUT2D eigenvalue weighted by atomic mass is 16.6. The summed E-state index contributed by atoms with van der Waals surface area (Å²) in [6.45, 7) is 4.42. The molecule has 2 N–H and O–H groups in total. The molecule has 1 aliphatic heterocycles. The van der Waals surface area contributed by atoms with Crippen LogP contribution < -0.4 is 19.5 Å². The van der Waals surface area contributed by atoms with E-state index >= 15 is 0 Å². The SMILES string of the molecule is CC(C)(O)c1cc(Nc2cc(Oc3cn(C4CC4)nc3-c3cccc4c3OCCO4)ccn2)ccn1. The van der Waals surface area contributed by atoms with Gasteiger partial charge in [0.25, 0.3) is 0 Å². The molecule has 2 aliphatic rings. The second-order valence-corrected chi connectivity index (χ2v) is 9.48. The van der Waals surface area contributed by atoms with E-state index in [1.165, 1.54) is 0 Å². The van der Waals surface area contributed by atoms with Crippen molar-refractivity contribution in [2.75, 3.05) is 18.5 Å². The van der Waals surface area contributed by atoms with Crippen LogP contribution in [-0.4, -0.2) is 38.1 Å². The number of fused-ring (bicyclic) bond motifs is 1. The first-order valence-electron chi connectivity index (χ1n) is 12.0. The molecule has 0 saturated heterocycles. The highest BCUT2D eigenvalue weighted by Crippen LogP contribution is 2.45. The summed E-state index contributed by atoms with van der Waals surface area (Å²) in [7, 11) is 0. The normalized spacial score (nSPS) is 15.0. The molecule has 184 valence electrons. The van der Waals surface area contributed by atoms with Crippen LogP contribution >= 0.6 is 0 Å². The van der Waals surface area contributed by atoms with Crippen LogP contribution in [0.4, 0.5) is 11.5 Å². The summed E-state index contributed by atoms with van der Waals surface area (Å²) in [5.74, 6) is 3.25. The molecule has 6 rings (SSSR count). The predicted octanol–water partition coefficient (Wildman–Crippen LogP) is 5.21. The van der Waals surface area contributed by atoms with Crippen molar-refractivity contribution in [3.05, 3.63) is 66.7 Å². The van der Waals surface area contributed by atoms with Crippen LogP contribution in [0, 0.1) is 0 Å². The van der Waals surface area contributed by atoms with E-state index in [0.717, 1.165) is 24.1 Å². The summed E-state index contributed by atoms with van der Waals surface area (Å²) in [6.07, 6.45) is 7.49. The van der Waals surface area contributed by atoms with E-state index in [-0.39, 0.29) is 0 Å². The number of rotatable bonds is 7. The molecule has 3 aromatic heterocycles. The van der Waals surface area contributed by atoms with Gasteiger partial charge in [-0.2, -0.15) is 5.10 Å². The highest BCUT2D eigenvalue weighted by Gasteiger charge is 2.29. The molecule has 4 heterocycles. The lowest BCUT2D eigenvalue weighted by Gasteiger charge is -2.20. The highest BCUT2D eigenvalue weighted by molar-refractivity contribution is 5.76. The molecule has 0 amide bonds. The molecule has 0 spiro atoms. The van der Waals surface area contributed by atoms with Gasteiger partial charge < -0.3 is 24.6 Å². The van der Waals surface area contributed by atoms with Crippen LogP contribution in [-0.2, 0) is 5.60 Å². The Morgan fingerprint density at radius 2 is 1.89 bits per heavy atom. The van der Waals surface area contributed by atoms with Crippen LogP contribution in [0.15, 0.2) is 61.1 Å². The molecular formula is C27H27N5O4. The average molecular weight is 486 g/mol. The van der Waals surface area contributed by atoms with Gasteiger partial charge in [-0.15, -0.1) is 0 Å². The fraction of sp³-hybridized carbons (Fsp3) is 0.296. The van der Waals surface area contributed by atoms with Gasteiger partial charge in [-0.25, -0.2) is 4.98 Å². The Morgan fingerprint density at radius 1 is 1.06 bits per heavy atom. The molecule has 9 nitrogen and oxygen atoms in total. The fourth-order valence-corrected chi connectivity index (χ4v) is 4.08. The summed E-state index contributed by atoms with van der Waals surface area (Å²) >= 11 is 0. The number of ether oxygens (including phenoxy) is 3. The van der Waals surface area contributed by atoms with E-state index in [1.807, 2.05) is 41.2 Å². The first kappa shape index (κ1) is 22.4. The molecule has 0 radical (unpaired) electrons. The van der Waals surface area contributed by atoms with Gasteiger partial charge in [-0.05, 0) is 57.0 Å². The summed E-state index contributed by atoms with van der Waals surface area (Å²) < 4.78 is 20.1. The minimum absolute atomic E-state index is 0.393. The van der Waals surface area contributed by atoms with E-state index in [0.29, 0.717) is 59.5 Å². The van der Waals surface area contributed by atoms with Gasteiger partial charge in [0.2, 0.25) is 0 Å². The van der Waals surface area contributed by atoms with Gasteiger partial charge >= 0.3 is 0 Å². The molecule has 0 unspecified atom stereocenters. The summed E-state index contributed by atoms with van der Waals surface area (Å²) in [6, 6.07) is 13.5. The zero-order valence-electron chi connectivity index (χ0n) is 20.1. The summed E-state index contributed by atoms with van der Waals surface area (Å²) in [5.41, 5.74) is 1.83. The number of benzene rings is 1. The van der Waals surface area contributed by atoms with Gasteiger partial charge in [0.05, 0.1) is 23.5 Å². The zero-order chi connectivity index (χ0) is 24.7. The lowest BCUT2D eigenvalue weighted by Crippen LogP contribution is -2.17. The lowest BCUT2D eigenvalue weighted by molar-refractivity contribution is 0.0739. The Morgan fingerprint density at radius 3 is 2.72 bits per heavy atom. The van der Waals surface area contributed by atoms with E-state index in [1.54, 1.807) is 38.4 Å². The summed E-state index contributed by atoms with van der Waals surface area (Å²) in [4.78, 5) is 8.67. The summed E-state index contributed by atoms with van der Waals surface area (Å²) in [5, 5.41) is 18.4. The third-order valence-corrected chi connectivity index (χ3v) is 6.06. The van der Waals surface area contributed by atoms with Gasteiger partial charge in [-0.1, -0.05) is 6.07 Å². The van der Waals surface area contributed by atoms with Crippen LogP contribution in [0.25, 0.3) is 11.3 Å². The third kappa shape index (κ3) is 4.57. The maximum Gasteiger partial charge on any atom is 0.173 e. The molecule has 36 heavy (non-hydrogen) atoms. The third-order valence-electron chi connectivity index (χ3n) is 6.06. The number of hydrogen-bond donors (Lipinski definition) is 2. The topological polar surface area (TPSA) is 104 Å². The number of nitrogens with zero attached hydrogens (tertiary/aromatic N) is 4. The Kier molecular flexibility index (Phi) is 5.49. The molecule has 0 bridgehead atoms. The van der Waals surface area contributed by atoms with Gasteiger partial charge in [0.1, 0.15) is 36.1 Å². The van der Waals surface area contributed by atoms with Crippen molar-refractivity contribution in [2.45, 2.75) is 38.3 Å². The molecule has 1 aliphatic carbocycles. The van der Waals surface area contributed by atoms with Gasteiger partial charge in [0, 0.05) is 24.1 Å². The van der Waals surface area contributed by atoms with Crippen LogP contribution in [0.5, 0.6) is 23.0 Å². The minimum atomic E-state index is -1.04. The Bertz CT molecular complexity index is 1410. The van der Waals surface area contributed by atoms with Crippen LogP contribution in [0.3, 0.4) is 0 Å². The van der Waals surface area contributed by atoms with Crippen molar-refractivity contribution < 1.29 is 19.3 Å². The van der Waals surface area contributed by atoms with Crippen molar-refractivity contribution in [1.29, 1.82) is 0 Å². The number of aliphatic hydroxyl groups is 1. The molecule has 1 fully saturated rings. The predicted molar refractivity (Wildman–Crippen MR) is 134 cm³/mol. The lowest BCUT2D eigenvalue weighted by atomic mass is 10.0. The van der Waals surface area contributed by atoms with Crippen molar-refractivity contribution in [1.82, 2.24) is 19.7 Å². The number of aromatic nitrogens is 4. The second-order valence-electron chi connectivity index (χ2n) is 9.48. The monoisotopic (exact) mass is 485 g/mol. The quantitative estimate of drug-likeness (QED) is 0.368. The minimum Gasteiger partial charge on any atom is -0.486 e. The Labute approximate surface area is 208 Å². The number of para-hydroxylation sites is 1. The average Bonchev–Trinajstić information content (AvgIpc) is 3.64. The van der Waals surface area contributed by atoms with E-state index in [2.05, 4.69) is 15.3 Å². The van der Waals surface area contributed by atoms with Gasteiger partial charge in [-0.3, -0.25) is 9.67 Å². The number of pyridine rings is 2. The molecule has 1 saturated carbocycles. The number of anilines is 2. The van der Waals surface area contributed by atoms with Crippen molar-refractivity contribution in [2.24, 2.45) is 0 Å². The molecule has 1 aromatic carbocycles. The van der Waals surface area contributed by atoms with Crippen LogP contribution in [0.2, 0.25) is 0 Å². The maximum absolute atomic E-state index is 10.3. The molecular weight excluding hydrogens is 458 g/mol. The molecule has 4 aromatic rings. The molecule has 9 heteroatoms. The standard InChI is InChI=1S/C27H27N5O4/c1-27(2,33)23-14-17(8-10-28-23)30-24-15-19(9-11-29-24)36-22-16-32(18-6-7-18)31-25(22)20-4-3-5-21-26(20)35-13-12-34-21/h3-5,8-11,14-16,18,33H,6-7,12-13H2,1-2H3,(H,28,29,30). The van der Waals surface area contributed by atoms with Crippen molar-refractivity contribution in [3.63, 3.8) is 0 Å². The van der Waals surface area contributed by atoms with Crippen molar-refractivity contribution in [3.8, 4) is 34.3 Å². The Balaban J connectivity index is 1.30. The smallest absolute Gasteiger partial charge is 0.173 e. The van der Waals surface area contributed by atoms with Crippen LogP contribution in [0.1, 0.15) is 38.4 Å². The van der Waals surface area contributed by atoms with Crippen molar-refractivity contribution >= 4 is 11.5 Å². The second kappa shape index (κ2) is 8.83. The van der Waals surface area contributed by atoms with E-state index < -0.39 is 5.60 Å². The largest absolute Gasteiger partial charge is 0.486 e. The fourth-order valence-electron chi connectivity index (χ4n) is 4.08. The first-order valence-corrected chi connectivity index (χ1v) is 12.0. The van der Waals surface area contributed by atoms with E-state index in [4.69, 9.17) is 19.3 Å². The number of nitrogens with one attached hydrogen (secondary N) is 1. The maximum atomic E-state index is 10.3. The zero-order valence-corrected chi connectivity index (χ0v) is 20.1. The molecule has 0 atom stereocenters. The Hall–Kier alpha value is -4.11. The van der Waals surface area contributed by atoms with Gasteiger partial charge in [0.15, 0.2) is 17.2 Å². The first-order chi connectivity index (χ1) is 17.4.